The van der Waals surface area contributed by atoms with Gasteiger partial charge in [-0.15, -0.1) is 0 Å². The monoisotopic (exact) mass is 360 g/mol. The van der Waals surface area contributed by atoms with E-state index >= 15 is 0 Å². The lowest BCUT2D eigenvalue weighted by molar-refractivity contribution is -0.115. The van der Waals surface area contributed by atoms with Gasteiger partial charge in [-0.2, -0.15) is 0 Å². The number of amides is 1. The van der Waals surface area contributed by atoms with Gasteiger partial charge in [-0.25, -0.2) is 13.1 Å². The number of benzene rings is 2. The molecule has 2 aromatic carbocycles. The quantitative estimate of drug-likeness (QED) is 0.829. The maximum Gasteiger partial charge on any atom is 0.241 e. The average molecular weight is 360 g/mol. The molecule has 2 rings (SSSR count). The fourth-order valence-electron chi connectivity index (χ4n) is 2.36. The highest BCUT2D eigenvalue weighted by atomic mass is 32.2. The molecule has 0 unspecified atom stereocenters. The fourth-order valence-corrected chi connectivity index (χ4v) is 3.34. The number of rotatable bonds is 6. The van der Waals surface area contributed by atoms with Crippen molar-refractivity contribution in [3.63, 3.8) is 0 Å². The van der Waals surface area contributed by atoms with Crippen LogP contribution < -0.4 is 10.0 Å². The predicted octanol–water partition coefficient (Wildman–Crippen LogP) is 3.34. The summed E-state index contributed by atoms with van der Waals surface area (Å²) in [7, 11) is -3.72. The Morgan fingerprint density at radius 2 is 1.68 bits per heavy atom. The van der Waals surface area contributed by atoms with Gasteiger partial charge in [0, 0.05) is 5.69 Å². The first kappa shape index (κ1) is 19.1. The lowest BCUT2D eigenvalue weighted by atomic mass is 10.0. The molecule has 2 N–H and O–H groups in total. The average Bonchev–Trinajstić information content (AvgIpc) is 2.57. The van der Waals surface area contributed by atoms with E-state index in [2.05, 4.69) is 10.0 Å². The van der Waals surface area contributed by atoms with Gasteiger partial charge in [-0.3, -0.25) is 4.79 Å². The maximum atomic E-state index is 12.3. The predicted molar refractivity (Wildman–Crippen MR) is 100 cm³/mol. The highest BCUT2D eigenvalue weighted by Crippen LogP contribution is 2.18. The van der Waals surface area contributed by atoms with E-state index in [1.54, 1.807) is 30.3 Å². The van der Waals surface area contributed by atoms with Gasteiger partial charge in [-0.1, -0.05) is 38.1 Å². The van der Waals surface area contributed by atoms with Crippen molar-refractivity contribution in [1.29, 1.82) is 0 Å². The van der Waals surface area contributed by atoms with Crippen LogP contribution in [0.1, 0.15) is 36.5 Å². The Balaban J connectivity index is 2.01. The summed E-state index contributed by atoms with van der Waals surface area (Å²) in [6, 6.07) is 12.3. The van der Waals surface area contributed by atoms with Crippen molar-refractivity contribution in [2.45, 2.75) is 38.5 Å². The normalized spacial score (nSPS) is 11.6. The first-order valence-corrected chi connectivity index (χ1v) is 9.64. The van der Waals surface area contributed by atoms with Crippen molar-refractivity contribution in [3.05, 3.63) is 59.2 Å². The van der Waals surface area contributed by atoms with Crippen LogP contribution in [0.4, 0.5) is 5.69 Å². The maximum absolute atomic E-state index is 12.3. The number of carbonyl (C=O) groups excluding carboxylic acids is 1. The first-order chi connectivity index (χ1) is 11.7. The van der Waals surface area contributed by atoms with E-state index < -0.39 is 15.9 Å². The van der Waals surface area contributed by atoms with Gasteiger partial charge in [0.25, 0.3) is 0 Å². The molecule has 0 aliphatic rings. The fraction of sp³-hybridized carbons (Fsp3) is 0.316. The van der Waals surface area contributed by atoms with Gasteiger partial charge in [0.15, 0.2) is 0 Å². The molecule has 0 saturated heterocycles. The smallest absolute Gasteiger partial charge is 0.241 e. The molecule has 6 heteroatoms. The summed E-state index contributed by atoms with van der Waals surface area (Å²) in [5.74, 6) is -0.0795. The second kappa shape index (κ2) is 7.80. The van der Waals surface area contributed by atoms with E-state index in [1.807, 2.05) is 39.8 Å². The van der Waals surface area contributed by atoms with Gasteiger partial charge in [0.1, 0.15) is 0 Å². The molecular formula is C19H24N2O3S. The van der Waals surface area contributed by atoms with Crippen LogP contribution in [0, 0.1) is 13.8 Å². The summed E-state index contributed by atoms with van der Waals surface area (Å²) in [5.41, 5.74) is 3.77. The number of hydrogen-bond acceptors (Lipinski definition) is 3. The lowest BCUT2D eigenvalue weighted by Crippen LogP contribution is -2.33. The van der Waals surface area contributed by atoms with E-state index in [0.717, 1.165) is 16.7 Å². The Labute approximate surface area is 149 Å². The molecule has 0 aliphatic heterocycles. The molecule has 0 aliphatic carbocycles. The zero-order valence-corrected chi connectivity index (χ0v) is 15.8. The van der Waals surface area contributed by atoms with Crippen molar-refractivity contribution < 1.29 is 13.2 Å². The van der Waals surface area contributed by atoms with Gasteiger partial charge in [0.2, 0.25) is 15.9 Å². The Hall–Kier alpha value is -2.18. The molecular weight excluding hydrogens is 336 g/mol. The molecule has 5 nitrogen and oxygen atoms in total. The van der Waals surface area contributed by atoms with Crippen LogP contribution in [0.3, 0.4) is 0 Å². The standard InChI is InChI=1S/C19H24N2O3S/c1-13(2)16-8-10-17(11-9-16)25(23,24)20-12-19(22)21-18-7-5-6-14(3)15(18)4/h5-11,13,20H,12H2,1-4H3,(H,21,22). The number of carbonyl (C=O) groups is 1. The number of nitrogens with one attached hydrogen (secondary N) is 2. The minimum atomic E-state index is -3.72. The van der Waals surface area contributed by atoms with Crippen LogP contribution in [0.2, 0.25) is 0 Å². The second-order valence-electron chi connectivity index (χ2n) is 6.34. The molecule has 134 valence electrons. The Morgan fingerprint density at radius 1 is 1.04 bits per heavy atom. The van der Waals surface area contributed by atoms with Crippen molar-refractivity contribution >= 4 is 21.6 Å². The molecule has 0 aromatic heterocycles. The number of hydrogen-bond donors (Lipinski definition) is 2. The summed E-state index contributed by atoms with van der Waals surface area (Å²) >= 11 is 0. The van der Waals surface area contributed by atoms with Crippen molar-refractivity contribution in [1.82, 2.24) is 4.72 Å². The summed E-state index contributed by atoms with van der Waals surface area (Å²) in [6.07, 6.45) is 0. The molecule has 0 fully saturated rings. The van der Waals surface area contributed by atoms with Crippen molar-refractivity contribution in [2.75, 3.05) is 11.9 Å². The highest BCUT2D eigenvalue weighted by Gasteiger charge is 2.16. The lowest BCUT2D eigenvalue weighted by Gasteiger charge is -2.12. The first-order valence-electron chi connectivity index (χ1n) is 8.16. The second-order valence-corrected chi connectivity index (χ2v) is 8.11. The minimum absolute atomic E-state index is 0.149. The van der Waals surface area contributed by atoms with E-state index in [9.17, 15) is 13.2 Å². The van der Waals surface area contributed by atoms with E-state index in [4.69, 9.17) is 0 Å². The number of aryl methyl sites for hydroxylation is 1. The van der Waals surface area contributed by atoms with Crippen LogP contribution in [-0.4, -0.2) is 20.9 Å². The third-order valence-corrected chi connectivity index (χ3v) is 5.58. The van der Waals surface area contributed by atoms with Crippen LogP contribution in [-0.2, 0) is 14.8 Å². The molecule has 2 aromatic rings. The van der Waals surface area contributed by atoms with Gasteiger partial charge >= 0.3 is 0 Å². The van der Waals surface area contributed by atoms with E-state index in [1.165, 1.54) is 0 Å². The summed E-state index contributed by atoms with van der Waals surface area (Å²) < 4.78 is 26.9. The molecule has 0 spiro atoms. The van der Waals surface area contributed by atoms with E-state index in [-0.39, 0.29) is 11.4 Å². The molecule has 0 atom stereocenters. The van der Waals surface area contributed by atoms with Crippen LogP contribution >= 0.6 is 0 Å². The van der Waals surface area contributed by atoms with Crippen LogP contribution in [0.15, 0.2) is 47.4 Å². The highest BCUT2D eigenvalue weighted by molar-refractivity contribution is 7.89. The number of sulfonamides is 1. The molecule has 25 heavy (non-hydrogen) atoms. The summed E-state index contributed by atoms with van der Waals surface area (Å²) in [6.45, 7) is 7.63. The number of anilines is 1. The molecule has 0 saturated carbocycles. The SMILES string of the molecule is Cc1cccc(NC(=O)CNS(=O)(=O)c2ccc(C(C)C)cc2)c1C. The summed E-state index contributed by atoms with van der Waals surface area (Å²) in [5, 5.41) is 2.73. The van der Waals surface area contributed by atoms with E-state index in [0.29, 0.717) is 11.6 Å². The molecule has 1 amide bonds. The third-order valence-electron chi connectivity index (χ3n) is 4.16. The topological polar surface area (TPSA) is 75.3 Å². The molecule has 0 bridgehead atoms. The zero-order chi connectivity index (χ0) is 18.6. The van der Waals surface area contributed by atoms with Crippen molar-refractivity contribution in [2.24, 2.45) is 0 Å². The Kier molecular flexibility index (Phi) is 5.98. The largest absolute Gasteiger partial charge is 0.325 e. The Morgan fingerprint density at radius 3 is 2.28 bits per heavy atom. The zero-order valence-electron chi connectivity index (χ0n) is 15.0. The Bertz CT molecular complexity index is 857. The van der Waals surface area contributed by atoms with Crippen LogP contribution in [0.25, 0.3) is 0 Å². The molecule has 0 radical (unpaired) electrons. The third kappa shape index (κ3) is 4.90. The van der Waals surface area contributed by atoms with Gasteiger partial charge in [0.05, 0.1) is 11.4 Å². The molecule has 0 heterocycles. The van der Waals surface area contributed by atoms with Gasteiger partial charge < -0.3 is 5.32 Å². The van der Waals surface area contributed by atoms with Gasteiger partial charge in [-0.05, 0) is 54.7 Å². The summed E-state index contributed by atoms with van der Waals surface area (Å²) in [4.78, 5) is 12.2. The van der Waals surface area contributed by atoms with Crippen LogP contribution in [0.5, 0.6) is 0 Å². The van der Waals surface area contributed by atoms with Crippen molar-refractivity contribution in [3.8, 4) is 0 Å². The minimum Gasteiger partial charge on any atom is -0.325 e.